The molecular formula is C26H23NO6S. The molecule has 1 N–H and O–H groups in total. The smallest absolute Gasteiger partial charge is 0.349 e. The largest absolute Gasteiger partial charge is 0.490 e. The maximum absolute atomic E-state index is 13.1. The zero-order valence-electron chi connectivity index (χ0n) is 18.9. The van der Waals surface area contributed by atoms with E-state index in [4.69, 9.17) is 13.9 Å². The highest BCUT2D eigenvalue weighted by molar-refractivity contribution is 7.16. The summed E-state index contributed by atoms with van der Waals surface area (Å²) in [5.41, 5.74) is 0.589. The monoisotopic (exact) mass is 477 g/mol. The summed E-state index contributed by atoms with van der Waals surface area (Å²) in [5.74, 6) is -0.842. The molecule has 0 aliphatic carbocycles. The molecule has 174 valence electrons. The number of esters is 1. The molecule has 0 aliphatic rings. The summed E-state index contributed by atoms with van der Waals surface area (Å²) in [5, 5.41) is 3.55. The van der Waals surface area contributed by atoms with Gasteiger partial charge in [-0.3, -0.25) is 4.79 Å². The van der Waals surface area contributed by atoms with Gasteiger partial charge in [-0.25, -0.2) is 9.59 Å². The molecule has 1 atom stereocenters. The van der Waals surface area contributed by atoms with Crippen molar-refractivity contribution in [2.45, 2.75) is 19.8 Å². The number of carbonyl (C=O) groups excluding carboxylic acids is 2. The number of nitrogens with one attached hydrogen (secondary N) is 1. The summed E-state index contributed by atoms with van der Waals surface area (Å²) in [6.07, 6.45) is 0. The first-order chi connectivity index (χ1) is 16.4. The normalized spacial score (nSPS) is 11.7. The minimum Gasteiger partial charge on any atom is -0.490 e. The summed E-state index contributed by atoms with van der Waals surface area (Å²) >= 11 is 1.26. The molecule has 0 saturated heterocycles. The van der Waals surface area contributed by atoms with Crippen molar-refractivity contribution >= 4 is 39.2 Å². The van der Waals surface area contributed by atoms with Crippen LogP contribution >= 0.6 is 11.3 Å². The van der Waals surface area contributed by atoms with Crippen LogP contribution in [0.25, 0.3) is 11.0 Å². The Morgan fingerprint density at radius 3 is 2.53 bits per heavy atom. The fourth-order valence-electron chi connectivity index (χ4n) is 3.60. The van der Waals surface area contributed by atoms with Gasteiger partial charge >= 0.3 is 11.6 Å². The Balaban J connectivity index is 1.69. The van der Waals surface area contributed by atoms with Crippen molar-refractivity contribution in [1.29, 1.82) is 0 Å². The molecule has 0 aliphatic heterocycles. The number of methoxy groups -OCH3 is 1. The summed E-state index contributed by atoms with van der Waals surface area (Å²) < 4.78 is 15.8. The van der Waals surface area contributed by atoms with Gasteiger partial charge in [-0.2, -0.15) is 0 Å². The molecule has 0 spiro atoms. The maximum Gasteiger partial charge on any atom is 0.349 e. The lowest BCUT2D eigenvalue weighted by atomic mass is 9.99. The molecule has 0 fully saturated rings. The lowest BCUT2D eigenvalue weighted by Gasteiger charge is -2.09. The van der Waals surface area contributed by atoms with Crippen LogP contribution in [0.2, 0.25) is 0 Å². The number of amides is 1. The Kier molecular flexibility index (Phi) is 6.79. The van der Waals surface area contributed by atoms with Gasteiger partial charge in [0.1, 0.15) is 10.6 Å². The van der Waals surface area contributed by atoms with Crippen LogP contribution in [0.4, 0.5) is 5.00 Å². The van der Waals surface area contributed by atoms with Crippen molar-refractivity contribution in [2.75, 3.05) is 19.0 Å². The minimum absolute atomic E-state index is 0.0111. The van der Waals surface area contributed by atoms with Gasteiger partial charge in [0, 0.05) is 16.2 Å². The molecule has 34 heavy (non-hydrogen) atoms. The Bertz CT molecular complexity index is 1410. The maximum atomic E-state index is 13.1. The molecular weight excluding hydrogens is 454 g/mol. The first kappa shape index (κ1) is 23.3. The van der Waals surface area contributed by atoms with Crippen LogP contribution in [0.5, 0.6) is 5.75 Å². The number of benzene rings is 2. The number of hydrogen-bond acceptors (Lipinski definition) is 7. The number of fused-ring (bicyclic) bond motifs is 1. The SMILES string of the molecule is CCOc1cccc2cc(C(=O)Nc3sc([C@H](C)c4ccccc4)cc3C(=O)OC)c(=O)oc12. The van der Waals surface area contributed by atoms with E-state index >= 15 is 0 Å². The van der Waals surface area contributed by atoms with Gasteiger partial charge in [-0.15, -0.1) is 11.3 Å². The summed E-state index contributed by atoms with van der Waals surface area (Å²) in [6.45, 7) is 4.25. The van der Waals surface area contributed by atoms with E-state index in [2.05, 4.69) is 5.32 Å². The molecule has 4 rings (SSSR count). The van der Waals surface area contributed by atoms with E-state index in [0.29, 0.717) is 22.7 Å². The van der Waals surface area contributed by atoms with Crippen LogP contribution in [0.1, 0.15) is 50.9 Å². The Labute approximate surface area is 199 Å². The van der Waals surface area contributed by atoms with Gasteiger partial charge in [0.15, 0.2) is 11.3 Å². The molecule has 7 nitrogen and oxygen atoms in total. The topological polar surface area (TPSA) is 94.8 Å². The highest BCUT2D eigenvalue weighted by Crippen LogP contribution is 2.36. The van der Waals surface area contributed by atoms with Crippen LogP contribution in [0, 0.1) is 0 Å². The fourth-order valence-corrected chi connectivity index (χ4v) is 4.72. The summed E-state index contributed by atoms with van der Waals surface area (Å²) in [7, 11) is 1.28. The predicted octanol–water partition coefficient (Wildman–Crippen LogP) is 5.44. The number of hydrogen-bond donors (Lipinski definition) is 1. The van der Waals surface area contributed by atoms with E-state index in [-0.39, 0.29) is 22.6 Å². The van der Waals surface area contributed by atoms with E-state index < -0.39 is 17.5 Å². The minimum atomic E-state index is -0.800. The average molecular weight is 478 g/mol. The van der Waals surface area contributed by atoms with Crippen molar-refractivity contribution in [3.05, 3.63) is 92.7 Å². The summed E-state index contributed by atoms with van der Waals surface area (Å²) in [6, 6.07) is 18.1. The van der Waals surface area contributed by atoms with E-state index in [0.717, 1.165) is 10.4 Å². The number of ether oxygens (including phenoxy) is 2. The van der Waals surface area contributed by atoms with Crippen molar-refractivity contribution in [3.63, 3.8) is 0 Å². The van der Waals surface area contributed by atoms with Gasteiger partial charge in [0.25, 0.3) is 5.91 Å². The number of anilines is 1. The van der Waals surface area contributed by atoms with E-state index in [1.165, 1.54) is 24.5 Å². The zero-order valence-corrected chi connectivity index (χ0v) is 19.7. The molecule has 2 aromatic heterocycles. The Hall–Kier alpha value is -3.91. The molecule has 0 unspecified atom stereocenters. The molecule has 0 bridgehead atoms. The van der Waals surface area contributed by atoms with Gasteiger partial charge in [-0.1, -0.05) is 49.4 Å². The van der Waals surface area contributed by atoms with Gasteiger partial charge in [-0.05, 0) is 30.7 Å². The second-order valence-corrected chi connectivity index (χ2v) is 8.61. The molecule has 8 heteroatoms. The summed E-state index contributed by atoms with van der Waals surface area (Å²) in [4.78, 5) is 39.0. The Morgan fingerprint density at radius 1 is 1.06 bits per heavy atom. The molecule has 1 amide bonds. The number of carbonyl (C=O) groups is 2. The van der Waals surface area contributed by atoms with Gasteiger partial charge in [0.2, 0.25) is 0 Å². The van der Waals surface area contributed by atoms with E-state index in [9.17, 15) is 14.4 Å². The lowest BCUT2D eigenvalue weighted by molar-refractivity contribution is 0.0602. The fraction of sp³-hybridized carbons (Fsp3) is 0.192. The molecule has 2 heterocycles. The quantitative estimate of drug-likeness (QED) is 0.281. The second kappa shape index (κ2) is 9.93. The van der Waals surface area contributed by atoms with Crippen molar-refractivity contribution in [1.82, 2.24) is 0 Å². The molecule has 2 aromatic carbocycles. The third kappa shape index (κ3) is 4.58. The Morgan fingerprint density at radius 2 is 1.82 bits per heavy atom. The first-order valence-corrected chi connectivity index (χ1v) is 11.5. The lowest BCUT2D eigenvalue weighted by Crippen LogP contribution is -2.21. The zero-order chi connectivity index (χ0) is 24.2. The van der Waals surface area contributed by atoms with Crippen LogP contribution in [-0.2, 0) is 4.74 Å². The number of para-hydroxylation sites is 1. The highest BCUT2D eigenvalue weighted by Gasteiger charge is 2.24. The van der Waals surface area contributed by atoms with Crippen LogP contribution < -0.4 is 15.7 Å². The third-order valence-electron chi connectivity index (χ3n) is 5.38. The van der Waals surface area contributed by atoms with Crippen molar-refractivity contribution < 1.29 is 23.5 Å². The van der Waals surface area contributed by atoms with Crippen LogP contribution in [-0.4, -0.2) is 25.6 Å². The molecule has 0 saturated carbocycles. The molecule has 0 radical (unpaired) electrons. The van der Waals surface area contributed by atoms with E-state index in [1.54, 1.807) is 24.3 Å². The van der Waals surface area contributed by atoms with Gasteiger partial charge < -0.3 is 19.2 Å². The predicted molar refractivity (Wildman–Crippen MR) is 131 cm³/mol. The van der Waals surface area contributed by atoms with Crippen molar-refractivity contribution in [3.8, 4) is 5.75 Å². The second-order valence-electron chi connectivity index (χ2n) is 7.52. The van der Waals surface area contributed by atoms with Crippen LogP contribution in [0.3, 0.4) is 0 Å². The average Bonchev–Trinajstić information content (AvgIpc) is 3.27. The van der Waals surface area contributed by atoms with Gasteiger partial charge in [0.05, 0.1) is 19.3 Å². The third-order valence-corrected chi connectivity index (χ3v) is 6.61. The number of rotatable bonds is 7. The van der Waals surface area contributed by atoms with Crippen LogP contribution in [0.15, 0.2) is 69.9 Å². The van der Waals surface area contributed by atoms with E-state index in [1.807, 2.05) is 44.2 Å². The number of thiophene rings is 1. The molecule has 4 aromatic rings. The first-order valence-electron chi connectivity index (χ1n) is 10.7. The van der Waals surface area contributed by atoms with Crippen molar-refractivity contribution in [2.24, 2.45) is 0 Å². The highest BCUT2D eigenvalue weighted by atomic mass is 32.1. The standard InChI is InChI=1S/C26H23NO6S/c1-4-32-20-12-8-11-17-13-18(26(30)33-22(17)20)23(28)27-24-19(25(29)31-3)14-21(34-24)15(2)16-9-6-5-7-10-16/h5-15H,4H2,1-3H3,(H,27,28)/t15-/m1/s1.